The van der Waals surface area contributed by atoms with Crippen molar-refractivity contribution in [3.63, 3.8) is 0 Å². The van der Waals surface area contributed by atoms with E-state index in [9.17, 15) is 28.5 Å². The molecule has 182 valence electrons. The van der Waals surface area contributed by atoms with Crippen molar-refractivity contribution in [2.75, 3.05) is 17.4 Å². The Kier molecular flexibility index (Phi) is 8.34. The molecule has 10 heteroatoms. The van der Waals surface area contributed by atoms with Gasteiger partial charge in [-0.1, -0.05) is 25.1 Å². The van der Waals surface area contributed by atoms with Gasteiger partial charge in [-0.3, -0.25) is 9.59 Å². The summed E-state index contributed by atoms with van der Waals surface area (Å²) in [5.41, 5.74) is 0.717. The molecule has 1 aliphatic rings. The first-order valence-electron chi connectivity index (χ1n) is 11.4. The van der Waals surface area contributed by atoms with Crippen LogP contribution in [0.15, 0.2) is 30.3 Å². The highest BCUT2D eigenvalue weighted by atomic mass is 32.2. The van der Waals surface area contributed by atoms with Gasteiger partial charge in [0, 0.05) is 17.9 Å². The standard InChI is InChI=1S/C25H27N5O4S/c1-3-6-23(31)22-13-21(15-27)24(29-17(22)2)30(25(32)18-9-11-28-12-10-18)35(33,34)16-20-8-5-4-7-19(20)14-26/h4-5,7-8,13,18,28H,3,6,9-12,16H2,1-2H3. The number of rotatable bonds is 8. The van der Waals surface area contributed by atoms with Crippen LogP contribution in [0.5, 0.6) is 0 Å². The number of aromatic nitrogens is 1. The number of carbonyl (C=O) groups excluding carboxylic acids is 2. The van der Waals surface area contributed by atoms with E-state index >= 15 is 0 Å². The number of Topliss-reactive ketones (excluding diaryl/α,β-unsaturated/α-hetero) is 1. The maximum absolute atomic E-state index is 13.7. The Hall–Kier alpha value is -3.60. The number of nitriles is 2. The highest BCUT2D eigenvalue weighted by Crippen LogP contribution is 2.30. The topological polar surface area (TPSA) is 144 Å². The van der Waals surface area contributed by atoms with Crippen molar-refractivity contribution < 1.29 is 18.0 Å². The van der Waals surface area contributed by atoms with E-state index < -0.39 is 27.6 Å². The lowest BCUT2D eigenvalue weighted by Gasteiger charge is -2.29. The number of hydrogen-bond acceptors (Lipinski definition) is 8. The molecular weight excluding hydrogens is 466 g/mol. The molecule has 1 fully saturated rings. The predicted octanol–water partition coefficient (Wildman–Crippen LogP) is 2.98. The van der Waals surface area contributed by atoms with Gasteiger partial charge in [-0.2, -0.15) is 14.8 Å². The number of pyridine rings is 1. The molecule has 9 nitrogen and oxygen atoms in total. The third kappa shape index (κ3) is 5.73. The lowest BCUT2D eigenvalue weighted by molar-refractivity contribution is -0.121. The van der Waals surface area contributed by atoms with E-state index in [1.165, 1.54) is 18.2 Å². The van der Waals surface area contributed by atoms with Gasteiger partial charge < -0.3 is 5.32 Å². The maximum atomic E-state index is 13.7. The third-order valence-corrected chi connectivity index (χ3v) is 7.51. The summed E-state index contributed by atoms with van der Waals surface area (Å²) in [6.45, 7) is 4.52. The van der Waals surface area contributed by atoms with Crippen LogP contribution >= 0.6 is 0 Å². The van der Waals surface area contributed by atoms with E-state index in [0.717, 1.165) is 0 Å². The molecule has 1 aromatic carbocycles. The summed E-state index contributed by atoms with van der Waals surface area (Å²) in [6, 6.07) is 11.5. The third-order valence-electron chi connectivity index (χ3n) is 5.93. The first kappa shape index (κ1) is 26.0. The van der Waals surface area contributed by atoms with Crippen LogP contribution in [-0.4, -0.2) is 38.2 Å². The van der Waals surface area contributed by atoms with Gasteiger partial charge in [0.2, 0.25) is 15.9 Å². The number of benzene rings is 1. The van der Waals surface area contributed by atoms with Crippen LogP contribution in [0.1, 0.15) is 65.3 Å². The first-order chi connectivity index (χ1) is 16.7. The van der Waals surface area contributed by atoms with Gasteiger partial charge in [-0.05, 0) is 57.0 Å². The second kappa shape index (κ2) is 11.2. The summed E-state index contributed by atoms with van der Waals surface area (Å²) in [7, 11) is -4.39. The van der Waals surface area contributed by atoms with E-state index in [1.54, 1.807) is 19.1 Å². The lowest BCUT2D eigenvalue weighted by Crippen LogP contribution is -2.45. The number of ketones is 1. The largest absolute Gasteiger partial charge is 0.317 e. The molecule has 0 spiro atoms. The lowest BCUT2D eigenvalue weighted by atomic mass is 9.97. The van der Waals surface area contributed by atoms with Crippen LogP contribution in [0.2, 0.25) is 0 Å². The monoisotopic (exact) mass is 493 g/mol. The fourth-order valence-electron chi connectivity index (χ4n) is 4.10. The highest BCUT2D eigenvalue weighted by molar-refractivity contribution is 7.92. The molecule has 0 bridgehead atoms. The average molecular weight is 494 g/mol. The summed E-state index contributed by atoms with van der Waals surface area (Å²) < 4.78 is 28.1. The van der Waals surface area contributed by atoms with Gasteiger partial charge in [0.05, 0.1) is 28.6 Å². The van der Waals surface area contributed by atoms with Crippen LogP contribution in [0, 0.1) is 35.5 Å². The summed E-state index contributed by atoms with van der Waals surface area (Å²) in [5, 5.41) is 22.4. The van der Waals surface area contributed by atoms with Crippen molar-refractivity contribution >= 4 is 27.5 Å². The molecule has 0 saturated carbocycles. The molecule has 1 saturated heterocycles. The number of sulfonamides is 1. The van der Waals surface area contributed by atoms with Crippen molar-refractivity contribution in [2.45, 2.75) is 45.3 Å². The molecule has 1 amide bonds. The van der Waals surface area contributed by atoms with Crippen molar-refractivity contribution in [1.29, 1.82) is 10.5 Å². The summed E-state index contributed by atoms with van der Waals surface area (Å²) in [5.74, 6) is -2.38. The van der Waals surface area contributed by atoms with Gasteiger partial charge >= 0.3 is 0 Å². The van der Waals surface area contributed by atoms with Crippen molar-refractivity contribution in [2.24, 2.45) is 5.92 Å². The maximum Gasteiger partial charge on any atom is 0.247 e. The molecule has 35 heavy (non-hydrogen) atoms. The molecule has 3 rings (SSSR count). The number of amides is 1. The number of piperidine rings is 1. The normalized spacial score (nSPS) is 14.1. The van der Waals surface area contributed by atoms with Gasteiger partial charge in [-0.25, -0.2) is 13.4 Å². The highest BCUT2D eigenvalue weighted by Gasteiger charge is 2.38. The van der Waals surface area contributed by atoms with Crippen molar-refractivity contribution in [1.82, 2.24) is 10.3 Å². The van der Waals surface area contributed by atoms with Gasteiger partial charge in [0.15, 0.2) is 11.6 Å². The number of carbonyl (C=O) groups is 2. The zero-order valence-electron chi connectivity index (χ0n) is 19.7. The van der Waals surface area contributed by atoms with E-state index in [4.69, 9.17) is 0 Å². The van der Waals surface area contributed by atoms with E-state index in [0.29, 0.717) is 36.7 Å². The Morgan fingerprint density at radius 3 is 2.43 bits per heavy atom. The van der Waals surface area contributed by atoms with Gasteiger partial charge in [0.1, 0.15) is 6.07 Å². The Bertz CT molecular complexity index is 1320. The zero-order chi connectivity index (χ0) is 25.6. The molecular formula is C25H27N5O4S. The quantitative estimate of drug-likeness (QED) is 0.553. The molecule has 2 aromatic rings. The van der Waals surface area contributed by atoms with Crippen molar-refractivity contribution in [3.8, 4) is 12.1 Å². The fraction of sp³-hybridized carbons (Fsp3) is 0.400. The Labute approximate surface area is 205 Å². The molecule has 0 aliphatic carbocycles. The smallest absolute Gasteiger partial charge is 0.247 e. The SMILES string of the molecule is CCCC(=O)c1cc(C#N)c(N(C(=O)C2CCNCC2)S(=O)(=O)Cc2ccccc2C#N)nc1C. The van der Waals surface area contributed by atoms with E-state index in [1.807, 2.05) is 19.1 Å². The number of nitrogens with one attached hydrogen (secondary N) is 1. The number of hydrogen-bond donors (Lipinski definition) is 1. The molecule has 0 atom stereocenters. The molecule has 0 unspecified atom stereocenters. The van der Waals surface area contributed by atoms with Gasteiger partial charge in [0.25, 0.3) is 0 Å². The van der Waals surface area contributed by atoms with Crippen LogP contribution < -0.4 is 9.62 Å². The summed E-state index contributed by atoms with van der Waals surface area (Å²) in [4.78, 5) is 30.5. The Morgan fingerprint density at radius 1 is 1.14 bits per heavy atom. The minimum Gasteiger partial charge on any atom is -0.317 e. The number of anilines is 1. The molecule has 1 aliphatic heterocycles. The van der Waals surface area contributed by atoms with E-state index in [2.05, 4.69) is 10.3 Å². The fourth-order valence-corrected chi connectivity index (χ4v) is 5.70. The Morgan fingerprint density at radius 2 is 1.80 bits per heavy atom. The van der Waals surface area contributed by atoms with Crippen LogP contribution in [0.3, 0.4) is 0 Å². The number of nitrogens with zero attached hydrogens (tertiary/aromatic N) is 4. The molecule has 2 heterocycles. The minimum absolute atomic E-state index is 0.172. The minimum atomic E-state index is -4.39. The molecule has 1 aromatic heterocycles. The average Bonchev–Trinajstić information content (AvgIpc) is 2.84. The zero-order valence-corrected chi connectivity index (χ0v) is 20.6. The Balaban J connectivity index is 2.16. The summed E-state index contributed by atoms with van der Waals surface area (Å²) in [6.07, 6.45) is 1.74. The van der Waals surface area contributed by atoms with Crippen LogP contribution in [-0.2, 0) is 20.6 Å². The van der Waals surface area contributed by atoms with E-state index in [-0.39, 0.29) is 46.0 Å². The molecule has 1 N–H and O–H groups in total. The first-order valence-corrected chi connectivity index (χ1v) is 13.0. The van der Waals surface area contributed by atoms with Crippen molar-refractivity contribution in [3.05, 3.63) is 58.3 Å². The second-order valence-corrected chi connectivity index (χ2v) is 10.2. The van der Waals surface area contributed by atoms with Crippen LogP contribution in [0.25, 0.3) is 0 Å². The summed E-state index contributed by atoms with van der Waals surface area (Å²) >= 11 is 0. The van der Waals surface area contributed by atoms with Gasteiger partial charge in [-0.15, -0.1) is 0 Å². The van der Waals surface area contributed by atoms with Crippen LogP contribution in [0.4, 0.5) is 5.82 Å². The predicted molar refractivity (Wildman–Crippen MR) is 130 cm³/mol. The second-order valence-electron chi connectivity index (χ2n) is 8.43. The number of aryl methyl sites for hydroxylation is 1. The molecule has 0 radical (unpaired) electrons.